The molecule has 1 fully saturated rings. The fraction of sp³-hybridized carbons (Fsp3) is 0.833. The smallest absolute Gasteiger partial charge is 0.322 e. The first-order chi connectivity index (χ1) is 8.17. The Morgan fingerprint density at radius 3 is 2.76 bits per heavy atom. The molecule has 0 aliphatic carbocycles. The highest BCUT2D eigenvalue weighted by molar-refractivity contribution is 6.04. The van der Waals surface area contributed by atoms with Crippen LogP contribution in [0.1, 0.15) is 26.7 Å². The monoisotopic (exact) mass is 244 g/mol. The van der Waals surface area contributed by atoms with Crippen molar-refractivity contribution in [3.05, 3.63) is 0 Å². The van der Waals surface area contributed by atoms with Gasteiger partial charge in [0.05, 0.1) is 19.8 Å². The first-order valence-electron chi connectivity index (χ1n) is 6.03. The highest BCUT2D eigenvalue weighted by Crippen LogP contribution is 2.31. The predicted octanol–water partition coefficient (Wildman–Crippen LogP) is 0.952. The molecule has 1 saturated heterocycles. The average Bonchev–Trinajstić information content (AvgIpc) is 2.32. The molecule has 1 heterocycles. The summed E-state index contributed by atoms with van der Waals surface area (Å²) in [6.45, 7) is 5.28. The van der Waals surface area contributed by atoms with Gasteiger partial charge in [0.15, 0.2) is 11.2 Å². The lowest BCUT2D eigenvalue weighted by Crippen LogP contribution is -2.48. The molecule has 0 N–H and O–H groups in total. The van der Waals surface area contributed by atoms with Crippen molar-refractivity contribution in [3.63, 3.8) is 0 Å². The second-order valence-corrected chi connectivity index (χ2v) is 3.98. The molecule has 98 valence electrons. The minimum Gasteiger partial charge on any atom is -0.465 e. The summed E-state index contributed by atoms with van der Waals surface area (Å²) >= 11 is 0. The zero-order chi connectivity index (χ0) is 12.7. The molecule has 0 aromatic heterocycles. The molecule has 0 radical (unpaired) electrons. The maximum absolute atomic E-state index is 12.0. The van der Waals surface area contributed by atoms with Crippen molar-refractivity contribution in [2.24, 2.45) is 5.41 Å². The number of hydrogen-bond donors (Lipinski definition) is 0. The van der Waals surface area contributed by atoms with Gasteiger partial charge in [-0.2, -0.15) is 0 Å². The van der Waals surface area contributed by atoms with Crippen LogP contribution in [0.4, 0.5) is 0 Å². The van der Waals surface area contributed by atoms with Crippen molar-refractivity contribution >= 4 is 11.8 Å². The Hall–Kier alpha value is -0.940. The number of ether oxygens (including phenoxy) is 3. The van der Waals surface area contributed by atoms with Gasteiger partial charge in [0.25, 0.3) is 0 Å². The van der Waals surface area contributed by atoms with Crippen LogP contribution in [0.2, 0.25) is 0 Å². The van der Waals surface area contributed by atoms with Crippen molar-refractivity contribution in [3.8, 4) is 0 Å². The van der Waals surface area contributed by atoms with Crippen molar-refractivity contribution in [1.82, 2.24) is 0 Å². The van der Waals surface area contributed by atoms with Crippen LogP contribution >= 0.6 is 0 Å². The summed E-state index contributed by atoms with van der Waals surface area (Å²) in [4.78, 5) is 23.9. The van der Waals surface area contributed by atoms with E-state index in [1.807, 2.05) is 6.92 Å². The Bertz CT molecular complexity index is 276. The zero-order valence-corrected chi connectivity index (χ0v) is 10.5. The number of rotatable bonds is 6. The summed E-state index contributed by atoms with van der Waals surface area (Å²) in [6.07, 6.45) is 0.601. The van der Waals surface area contributed by atoms with Crippen LogP contribution in [-0.2, 0) is 23.8 Å². The Labute approximate surface area is 101 Å². The topological polar surface area (TPSA) is 61.8 Å². The summed E-state index contributed by atoms with van der Waals surface area (Å²) in [7, 11) is 0. The Balaban J connectivity index is 2.74. The molecule has 1 aliphatic rings. The fourth-order valence-corrected chi connectivity index (χ4v) is 1.88. The SMILES string of the molecule is CCOCCC1(C(=O)OCC)COCCC1=O. The molecule has 5 heteroatoms. The molecule has 0 saturated carbocycles. The summed E-state index contributed by atoms with van der Waals surface area (Å²) in [5, 5.41) is 0. The third kappa shape index (κ3) is 3.26. The summed E-state index contributed by atoms with van der Waals surface area (Å²) in [5.41, 5.74) is -1.15. The van der Waals surface area contributed by atoms with Gasteiger partial charge in [-0.3, -0.25) is 9.59 Å². The highest BCUT2D eigenvalue weighted by Gasteiger charge is 2.48. The minimum atomic E-state index is -1.15. The Kier molecular flexibility index (Phi) is 5.58. The molecule has 5 nitrogen and oxygen atoms in total. The lowest BCUT2D eigenvalue weighted by molar-refractivity contribution is -0.171. The van der Waals surface area contributed by atoms with Crippen molar-refractivity contribution < 1.29 is 23.8 Å². The number of carbonyl (C=O) groups is 2. The molecule has 1 aliphatic heterocycles. The third-order valence-electron chi connectivity index (χ3n) is 2.90. The standard InChI is InChI=1S/C12H20O5/c1-3-15-8-6-12(11(14)17-4-2)9-16-7-5-10(12)13/h3-9H2,1-2H3. The number of hydrogen-bond acceptors (Lipinski definition) is 5. The zero-order valence-electron chi connectivity index (χ0n) is 10.5. The van der Waals surface area contributed by atoms with Crippen LogP contribution in [0, 0.1) is 5.41 Å². The van der Waals surface area contributed by atoms with E-state index in [2.05, 4.69) is 0 Å². The van der Waals surface area contributed by atoms with Crippen LogP contribution in [0.5, 0.6) is 0 Å². The normalized spacial score (nSPS) is 24.7. The van der Waals surface area contributed by atoms with Gasteiger partial charge in [-0.1, -0.05) is 0 Å². The summed E-state index contributed by atoms with van der Waals surface area (Å²) < 4.78 is 15.5. The Morgan fingerprint density at radius 1 is 1.41 bits per heavy atom. The third-order valence-corrected chi connectivity index (χ3v) is 2.90. The molecule has 0 bridgehead atoms. The van der Waals surface area contributed by atoms with E-state index in [0.29, 0.717) is 26.2 Å². The van der Waals surface area contributed by atoms with Gasteiger partial charge in [-0.15, -0.1) is 0 Å². The first-order valence-corrected chi connectivity index (χ1v) is 6.03. The first kappa shape index (κ1) is 14.1. The largest absolute Gasteiger partial charge is 0.465 e. The van der Waals surface area contributed by atoms with Gasteiger partial charge >= 0.3 is 5.97 Å². The van der Waals surface area contributed by atoms with Crippen molar-refractivity contribution in [1.29, 1.82) is 0 Å². The van der Waals surface area contributed by atoms with Gasteiger partial charge in [-0.25, -0.2) is 0 Å². The van der Waals surface area contributed by atoms with Gasteiger partial charge in [0.1, 0.15) is 0 Å². The van der Waals surface area contributed by atoms with Crippen LogP contribution in [0.15, 0.2) is 0 Å². The molecule has 0 aromatic carbocycles. The molecular formula is C12H20O5. The van der Waals surface area contributed by atoms with Crippen LogP contribution in [-0.4, -0.2) is 44.8 Å². The van der Waals surface area contributed by atoms with Crippen LogP contribution in [0.25, 0.3) is 0 Å². The van der Waals surface area contributed by atoms with E-state index in [-0.39, 0.29) is 25.4 Å². The molecular weight excluding hydrogens is 224 g/mol. The van der Waals surface area contributed by atoms with E-state index in [9.17, 15) is 9.59 Å². The van der Waals surface area contributed by atoms with E-state index in [0.717, 1.165) is 0 Å². The van der Waals surface area contributed by atoms with Crippen molar-refractivity contribution in [2.45, 2.75) is 26.7 Å². The van der Waals surface area contributed by atoms with Gasteiger partial charge in [0, 0.05) is 19.6 Å². The Morgan fingerprint density at radius 2 is 2.18 bits per heavy atom. The molecule has 17 heavy (non-hydrogen) atoms. The summed E-state index contributed by atoms with van der Waals surface area (Å²) in [6, 6.07) is 0. The van der Waals surface area contributed by atoms with Gasteiger partial charge in [0.2, 0.25) is 0 Å². The second kappa shape index (κ2) is 6.71. The van der Waals surface area contributed by atoms with Gasteiger partial charge < -0.3 is 14.2 Å². The van der Waals surface area contributed by atoms with E-state index in [1.54, 1.807) is 6.92 Å². The maximum Gasteiger partial charge on any atom is 0.322 e. The maximum atomic E-state index is 12.0. The molecule has 1 atom stereocenters. The number of ketones is 1. The number of carbonyl (C=O) groups excluding carboxylic acids is 2. The number of esters is 1. The fourth-order valence-electron chi connectivity index (χ4n) is 1.88. The lowest BCUT2D eigenvalue weighted by atomic mass is 9.78. The van der Waals surface area contributed by atoms with E-state index in [1.165, 1.54) is 0 Å². The van der Waals surface area contributed by atoms with Crippen LogP contribution in [0.3, 0.4) is 0 Å². The minimum absolute atomic E-state index is 0.0955. The second-order valence-electron chi connectivity index (χ2n) is 3.98. The number of Topliss-reactive ketones (excluding diaryl/α,β-unsaturated/α-hetero) is 1. The molecule has 0 spiro atoms. The quantitative estimate of drug-likeness (QED) is 0.395. The molecule has 0 aromatic rings. The van der Waals surface area contributed by atoms with E-state index < -0.39 is 11.4 Å². The highest BCUT2D eigenvalue weighted by atomic mass is 16.5. The average molecular weight is 244 g/mol. The van der Waals surface area contributed by atoms with Gasteiger partial charge in [-0.05, 0) is 20.3 Å². The molecule has 0 amide bonds. The molecule has 1 rings (SSSR count). The molecule has 1 unspecified atom stereocenters. The lowest BCUT2D eigenvalue weighted by Gasteiger charge is -2.32. The van der Waals surface area contributed by atoms with Crippen molar-refractivity contribution in [2.75, 3.05) is 33.0 Å². The van der Waals surface area contributed by atoms with E-state index >= 15 is 0 Å². The predicted molar refractivity (Wildman–Crippen MR) is 60.6 cm³/mol. The van der Waals surface area contributed by atoms with E-state index in [4.69, 9.17) is 14.2 Å². The van der Waals surface area contributed by atoms with Crippen LogP contribution < -0.4 is 0 Å². The summed E-state index contributed by atoms with van der Waals surface area (Å²) in [5.74, 6) is -0.577.